The van der Waals surface area contributed by atoms with Gasteiger partial charge in [0.05, 0.1) is 0 Å². The largest absolute Gasteiger partial charge is 0.306 e. The van der Waals surface area contributed by atoms with E-state index in [1.807, 2.05) is 0 Å². The van der Waals surface area contributed by atoms with E-state index in [0.29, 0.717) is 11.3 Å². The average Bonchev–Trinajstić information content (AvgIpc) is 2.66. The molecule has 1 aliphatic heterocycles. The molecule has 1 saturated carbocycles. The van der Waals surface area contributed by atoms with Crippen LogP contribution >= 0.6 is 31.9 Å². The van der Waals surface area contributed by atoms with E-state index in [-0.39, 0.29) is 0 Å². The summed E-state index contributed by atoms with van der Waals surface area (Å²) in [6.45, 7) is 2.54. The maximum Gasteiger partial charge on any atom is 0.00475 e. The summed E-state index contributed by atoms with van der Waals surface area (Å²) in [4.78, 5) is 2.51. The van der Waals surface area contributed by atoms with Gasteiger partial charge in [-0.2, -0.15) is 0 Å². The standard InChI is InChI=1S/C14H19Br2N/c1-17-8-7-14(9-17)6-2-3-10-11(15)4-5-12(16)13(10)14/h4-5,10,13H,2-3,6-9H2,1H3. The van der Waals surface area contributed by atoms with Gasteiger partial charge in [0.25, 0.3) is 0 Å². The highest BCUT2D eigenvalue weighted by Gasteiger charge is 2.50. The lowest BCUT2D eigenvalue weighted by Gasteiger charge is -2.47. The summed E-state index contributed by atoms with van der Waals surface area (Å²) >= 11 is 7.62. The highest BCUT2D eigenvalue weighted by Crippen LogP contribution is 2.57. The van der Waals surface area contributed by atoms with Gasteiger partial charge in [0.1, 0.15) is 0 Å². The molecule has 3 unspecified atom stereocenters. The number of allylic oxidation sites excluding steroid dienone is 4. The Kier molecular flexibility index (Phi) is 3.29. The molecule has 3 atom stereocenters. The SMILES string of the molecule is CN1CCC2(CCCC3C(Br)=CC=C(Br)C32)C1. The number of halogens is 2. The van der Waals surface area contributed by atoms with Crippen LogP contribution in [0.4, 0.5) is 0 Å². The van der Waals surface area contributed by atoms with Crippen LogP contribution in [0.3, 0.4) is 0 Å². The Labute approximate surface area is 121 Å². The molecule has 3 rings (SSSR count). The molecule has 17 heavy (non-hydrogen) atoms. The lowest BCUT2D eigenvalue weighted by atomic mass is 9.60. The Morgan fingerprint density at radius 1 is 1.24 bits per heavy atom. The Balaban J connectivity index is 1.97. The van der Waals surface area contributed by atoms with Crippen molar-refractivity contribution in [2.75, 3.05) is 20.1 Å². The van der Waals surface area contributed by atoms with Crippen molar-refractivity contribution in [3.8, 4) is 0 Å². The van der Waals surface area contributed by atoms with Crippen molar-refractivity contribution in [2.45, 2.75) is 25.7 Å². The van der Waals surface area contributed by atoms with Gasteiger partial charge in [0, 0.05) is 12.5 Å². The molecule has 0 N–H and O–H groups in total. The van der Waals surface area contributed by atoms with Crippen LogP contribution in [-0.2, 0) is 0 Å². The van der Waals surface area contributed by atoms with Crippen molar-refractivity contribution < 1.29 is 0 Å². The van der Waals surface area contributed by atoms with Crippen molar-refractivity contribution in [3.05, 3.63) is 21.1 Å². The molecule has 2 aliphatic carbocycles. The molecule has 1 heterocycles. The molecule has 2 fully saturated rings. The van der Waals surface area contributed by atoms with Crippen LogP contribution in [-0.4, -0.2) is 25.0 Å². The number of nitrogens with zero attached hydrogens (tertiary/aromatic N) is 1. The summed E-state index contributed by atoms with van der Waals surface area (Å²) < 4.78 is 2.85. The molecular formula is C14H19Br2N. The lowest BCUT2D eigenvalue weighted by molar-refractivity contribution is 0.100. The molecule has 0 amide bonds. The monoisotopic (exact) mass is 359 g/mol. The molecule has 3 aliphatic rings. The van der Waals surface area contributed by atoms with Crippen LogP contribution in [0.5, 0.6) is 0 Å². The van der Waals surface area contributed by atoms with E-state index in [0.717, 1.165) is 5.92 Å². The maximum absolute atomic E-state index is 3.84. The van der Waals surface area contributed by atoms with Crippen molar-refractivity contribution >= 4 is 31.9 Å². The van der Waals surface area contributed by atoms with Gasteiger partial charge in [-0.05, 0) is 53.2 Å². The van der Waals surface area contributed by atoms with E-state index in [4.69, 9.17) is 0 Å². The summed E-state index contributed by atoms with van der Waals surface area (Å²) in [6, 6.07) is 0. The smallest absolute Gasteiger partial charge is 0.00475 e. The molecule has 94 valence electrons. The van der Waals surface area contributed by atoms with Gasteiger partial charge in [-0.3, -0.25) is 0 Å². The molecule has 0 radical (unpaired) electrons. The Morgan fingerprint density at radius 2 is 2.00 bits per heavy atom. The van der Waals surface area contributed by atoms with Crippen LogP contribution in [0.1, 0.15) is 25.7 Å². The number of rotatable bonds is 0. The molecular weight excluding hydrogens is 342 g/mol. The van der Waals surface area contributed by atoms with Gasteiger partial charge in [-0.15, -0.1) is 0 Å². The number of hydrogen-bond acceptors (Lipinski definition) is 1. The normalized spacial score (nSPS) is 42.3. The number of fused-ring (bicyclic) bond motifs is 2. The Morgan fingerprint density at radius 3 is 2.71 bits per heavy atom. The fourth-order valence-electron chi connectivity index (χ4n) is 4.16. The average molecular weight is 361 g/mol. The lowest BCUT2D eigenvalue weighted by Crippen LogP contribution is -2.42. The molecule has 1 saturated heterocycles. The van der Waals surface area contributed by atoms with Crippen molar-refractivity contribution in [3.63, 3.8) is 0 Å². The third-order valence-electron chi connectivity index (χ3n) is 4.88. The van der Waals surface area contributed by atoms with Gasteiger partial charge >= 0.3 is 0 Å². The van der Waals surface area contributed by atoms with E-state index in [1.54, 1.807) is 0 Å². The third kappa shape index (κ3) is 1.98. The van der Waals surface area contributed by atoms with Crippen LogP contribution in [0.15, 0.2) is 21.1 Å². The van der Waals surface area contributed by atoms with Gasteiger partial charge in [0.15, 0.2) is 0 Å². The van der Waals surface area contributed by atoms with Crippen molar-refractivity contribution in [2.24, 2.45) is 17.3 Å². The maximum atomic E-state index is 3.84. The van der Waals surface area contributed by atoms with Crippen LogP contribution < -0.4 is 0 Å². The first-order valence-corrected chi connectivity index (χ1v) is 8.12. The first-order valence-electron chi connectivity index (χ1n) is 6.54. The summed E-state index contributed by atoms with van der Waals surface area (Å²) in [6.07, 6.45) is 10.0. The molecule has 0 aromatic rings. The molecule has 0 aromatic heterocycles. The highest BCUT2D eigenvalue weighted by molar-refractivity contribution is 9.12. The summed E-state index contributed by atoms with van der Waals surface area (Å²) in [5.41, 5.74) is 0.528. The second-order valence-electron chi connectivity index (χ2n) is 5.93. The fourth-order valence-corrected chi connectivity index (χ4v) is 5.72. The van der Waals surface area contributed by atoms with E-state index in [1.165, 1.54) is 47.7 Å². The minimum atomic E-state index is 0.528. The van der Waals surface area contributed by atoms with Crippen LogP contribution in [0.25, 0.3) is 0 Å². The molecule has 1 nitrogen and oxygen atoms in total. The van der Waals surface area contributed by atoms with Crippen LogP contribution in [0.2, 0.25) is 0 Å². The molecule has 0 aromatic carbocycles. The predicted molar refractivity (Wildman–Crippen MR) is 79.4 cm³/mol. The second-order valence-corrected chi connectivity index (χ2v) is 7.76. The van der Waals surface area contributed by atoms with E-state index < -0.39 is 0 Å². The van der Waals surface area contributed by atoms with E-state index >= 15 is 0 Å². The Bertz CT molecular complexity index is 384. The minimum Gasteiger partial charge on any atom is -0.306 e. The summed E-state index contributed by atoms with van der Waals surface area (Å²) in [5, 5.41) is 0. The van der Waals surface area contributed by atoms with Crippen molar-refractivity contribution in [1.29, 1.82) is 0 Å². The van der Waals surface area contributed by atoms with E-state index in [9.17, 15) is 0 Å². The predicted octanol–water partition coefficient (Wildman–Crippen LogP) is 4.30. The fraction of sp³-hybridized carbons (Fsp3) is 0.714. The van der Waals surface area contributed by atoms with Gasteiger partial charge in [-0.1, -0.05) is 50.4 Å². The van der Waals surface area contributed by atoms with Crippen molar-refractivity contribution in [1.82, 2.24) is 4.90 Å². The van der Waals surface area contributed by atoms with Gasteiger partial charge in [-0.25, -0.2) is 0 Å². The Hall–Kier alpha value is 0.400. The molecule has 0 bridgehead atoms. The van der Waals surface area contributed by atoms with E-state index in [2.05, 4.69) is 56.0 Å². The zero-order valence-electron chi connectivity index (χ0n) is 10.3. The zero-order valence-corrected chi connectivity index (χ0v) is 13.4. The van der Waals surface area contributed by atoms with Crippen LogP contribution in [0, 0.1) is 17.3 Å². The first kappa shape index (κ1) is 12.4. The second kappa shape index (κ2) is 4.50. The first-order chi connectivity index (χ1) is 8.12. The topological polar surface area (TPSA) is 3.24 Å². The number of hydrogen-bond donors (Lipinski definition) is 0. The van der Waals surface area contributed by atoms with Gasteiger partial charge in [0.2, 0.25) is 0 Å². The summed E-state index contributed by atoms with van der Waals surface area (Å²) in [7, 11) is 2.27. The molecule has 3 heteroatoms. The van der Waals surface area contributed by atoms with Gasteiger partial charge < -0.3 is 4.90 Å². The third-order valence-corrected chi connectivity index (χ3v) is 6.49. The zero-order chi connectivity index (χ0) is 12.0. The highest BCUT2D eigenvalue weighted by atomic mass is 79.9. The minimum absolute atomic E-state index is 0.528. The summed E-state index contributed by atoms with van der Waals surface area (Å²) in [5.74, 6) is 1.43. The quantitative estimate of drug-likeness (QED) is 0.622. The molecule has 1 spiro atoms. The number of likely N-dealkylation sites (tertiary alicyclic amines) is 1.